The van der Waals surface area contributed by atoms with E-state index in [9.17, 15) is 13.2 Å². The van der Waals surface area contributed by atoms with Crippen LogP contribution in [0.2, 0.25) is 0 Å². The molecule has 23 heavy (non-hydrogen) atoms. The normalized spacial score (nSPS) is 10.9. The summed E-state index contributed by atoms with van der Waals surface area (Å²) in [6.07, 6.45) is -4.44. The zero-order chi connectivity index (χ0) is 16.9. The van der Waals surface area contributed by atoms with Crippen LogP contribution in [0.25, 0.3) is 0 Å². The molecule has 0 radical (unpaired) electrons. The Labute approximate surface area is 136 Å². The summed E-state index contributed by atoms with van der Waals surface area (Å²) in [6.45, 7) is -1.41. The van der Waals surface area contributed by atoms with E-state index in [1.165, 1.54) is 12.1 Å². The van der Waals surface area contributed by atoms with E-state index in [2.05, 4.69) is 5.32 Å². The van der Waals surface area contributed by atoms with E-state index < -0.39 is 12.8 Å². The summed E-state index contributed by atoms with van der Waals surface area (Å²) in [6, 6.07) is 13.0. The molecule has 2 aromatic carbocycles. The lowest BCUT2D eigenvalue weighted by Crippen LogP contribution is -2.20. The number of nitrogens with one attached hydrogen (secondary N) is 1. The second kappa shape index (κ2) is 7.19. The molecular formula is C15H13F3N2O2S. The molecule has 0 aliphatic rings. The predicted molar refractivity (Wildman–Crippen MR) is 84.9 cm³/mol. The Balaban J connectivity index is 2.23. The fourth-order valence-electron chi connectivity index (χ4n) is 1.72. The first-order chi connectivity index (χ1) is 10.8. The standard InChI is InChI=1S/C15H13F3N2O2S/c16-15(17,18)9-21-12-6-10(20-14(19)23)7-13(8-12)22-11-4-2-1-3-5-11/h1-8H,9H2,(H3,19,20,23). The van der Waals surface area contributed by atoms with Crippen LogP contribution in [0, 0.1) is 0 Å². The molecule has 0 aliphatic heterocycles. The van der Waals surface area contributed by atoms with Crippen molar-refractivity contribution in [2.45, 2.75) is 6.18 Å². The minimum atomic E-state index is -4.44. The van der Waals surface area contributed by atoms with Crippen molar-refractivity contribution in [3.8, 4) is 17.2 Å². The summed E-state index contributed by atoms with van der Waals surface area (Å²) in [4.78, 5) is 0. The van der Waals surface area contributed by atoms with Crippen molar-refractivity contribution in [2.24, 2.45) is 5.73 Å². The molecule has 2 rings (SSSR count). The molecule has 0 saturated heterocycles. The summed E-state index contributed by atoms with van der Waals surface area (Å²) in [5.41, 5.74) is 5.74. The fourth-order valence-corrected chi connectivity index (χ4v) is 1.84. The Kier molecular flexibility index (Phi) is 5.28. The van der Waals surface area contributed by atoms with Crippen LogP contribution < -0.4 is 20.5 Å². The maximum absolute atomic E-state index is 12.3. The van der Waals surface area contributed by atoms with Crippen molar-refractivity contribution < 1.29 is 22.6 Å². The Morgan fingerprint density at radius 1 is 1.04 bits per heavy atom. The zero-order valence-corrected chi connectivity index (χ0v) is 12.6. The summed E-state index contributed by atoms with van der Waals surface area (Å²) in [5, 5.41) is 2.61. The van der Waals surface area contributed by atoms with E-state index in [0.29, 0.717) is 11.4 Å². The first-order valence-electron chi connectivity index (χ1n) is 6.46. The average Bonchev–Trinajstić information content (AvgIpc) is 2.44. The van der Waals surface area contributed by atoms with Crippen LogP contribution in [0.15, 0.2) is 48.5 Å². The molecule has 0 unspecified atom stereocenters. The van der Waals surface area contributed by atoms with Crippen LogP contribution in [0.5, 0.6) is 17.2 Å². The number of para-hydroxylation sites is 1. The Bertz CT molecular complexity index is 678. The van der Waals surface area contributed by atoms with Gasteiger partial charge in [0.25, 0.3) is 0 Å². The summed E-state index contributed by atoms with van der Waals surface area (Å²) in [5.74, 6) is 0.797. The molecule has 0 bridgehead atoms. The summed E-state index contributed by atoms with van der Waals surface area (Å²) >= 11 is 4.72. The van der Waals surface area contributed by atoms with Crippen LogP contribution in [0.4, 0.5) is 18.9 Å². The molecular weight excluding hydrogens is 329 g/mol. The number of hydrogen-bond donors (Lipinski definition) is 2. The third-order valence-electron chi connectivity index (χ3n) is 2.53. The predicted octanol–water partition coefficient (Wildman–Crippen LogP) is 4.08. The number of ether oxygens (including phenoxy) is 2. The van der Waals surface area contributed by atoms with Crippen molar-refractivity contribution >= 4 is 23.0 Å². The third kappa shape index (κ3) is 6.03. The number of thiocarbonyl (C=S) groups is 1. The third-order valence-corrected chi connectivity index (χ3v) is 2.63. The van der Waals surface area contributed by atoms with Gasteiger partial charge in [-0.3, -0.25) is 0 Å². The molecule has 4 nitrogen and oxygen atoms in total. The molecule has 0 fully saturated rings. The molecule has 3 N–H and O–H groups in total. The minimum absolute atomic E-state index is 0.0190. The van der Waals surface area contributed by atoms with E-state index in [0.717, 1.165) is 0 Å². The maximum Gasteiger partial charge on any atom is 0.422 e. The lowest BCUT2D eigenvalue weighted by Gasteiger charge is -2.14. The Hall–Kier alpha value is -2.48. The number of nitrogens with two attached hydrogens (primary N) is 1. The topological polar surface area (TPSA) is 56.5 Å². The van der Waals surface area contributed by atoms with Crippen molar-refractivity contribution in [3.05, 3.63) is 48.5 Å². The van der Waals surface area contributed by atoms with Crippen LogP contribution in [0.1, 0.15) is 0 Å². The molecule has 0 aliphatic carbocycles. The SMILES string of the molecule is NC(=S)Nc1cc(OCC(F)(F)F)cc(Oc2ccccc2)c1. The van der Waals surface area contributed by atoms with E-state index in [4.69, 9.17) is 27.4 Å². The van der Waals surface area contributed by atoms with E-state index >= 15 is 0 Å². The first kappa shape index (κ1) is 16.9. The van der Waals surface area contributed by atoms with Gasteiger partial charge in [0.1, 0.15) is 17.2 Å². The average molecular weight is 342 g/mol. The van der Waals surface area contributed by atoms with Crippen molar-refractivity contribution in [3.63, 3.8) is 0 Å². The van der Waals surface area contributed by atoms with E-state index in [1.54, 1.807) is 30.3 Å². The van der Waals surface area contributed by atoms with Crippen LogP contribution in [-0.4, -0.2) is 17.9 Å². The summed E-state index contributed by atoms with van der Waals surface area (Å²) in [7, 11) is 0. The number of rotatable bonds is 5. The van der Waals surface area contributed by atoms with Gasteiger partial charge in [-0.25, -0.2) is 0 Å². The molecule has 2 aromatic rings. The second-order valence-corrected chi connectivity index (χ2v) is 4.94. The van der Waals surface area contributed by atoms with Gasteiger partial charge in [-0.2, -0.15) is 13.2 Å². The molecule has 0 aromatic heterocycles. The minimum Gasteiger partial charge on any atom is -0.484 e. The number of halogens is 3. The zero-order valence-electron chi connectivity index (χ0n) is 11.8. The lowest BCUT2D eigenvalue weighted by atomic mass is 10.2. The second-order valence-electron chi connectivity index (χ2n) is 4.50. The molecule has 122 valence electrons. The highest BCUT2D eigenvalue weighted by atomic mass is 32.1. The number of anilines is 1. The van der Waals surface area contributed by atoms with Gasteiger partial charge in [-0.15, -0.1) is 0 Å². The monoisotopic (exact) mass is 342 g/mol. The fraction of sp³-hybridized carbons (Fsp3) is 0.133. The molecule has 0 saturated carbocycles. The van der Waals surface area contributed by atoms with Gasteiger partial charge in [-0.05, 0) is 24.4 Å². The lowest BCUT2D eigenvalue weighted by molar-refractivity contribution is -0.153. The molecule has 8 heteroatoms. The largest absolute Gasteiger partial charge is 0.484 e. The number of hydrogen-bond acceptors (Lipinski definition) is 3. The maximum atomic E-state index is 12.3. The van der Waals surface area contributed by atoms with Crippen molar-refractivity contribution in [1.82, 2.24) is 0 Å². The quantitative estimate of drug-likeness (QED) is 0.802. The van der Waals surface area contributed by atoms with Gasteiger partial charge in [0.15, 0.2) is 11.7 Å². The van der Waals surface area contributed by atoms with E-state index in [1.807, 2.05) is 6.07 Å². The van der Waals surface area contributed by atoms with Crippen LogP contribution in [0.3, 0.4) is 0 Å². The van der Waals surface area contributed by atoms with Gasteiger partial charge in [0.2, 0.25) is 0 Å². The highest BCUT2D eigenvalue weighted by Crippen LogP contribution is 2.30. The van der Waals surface area contributed by atoms with Gasteiger partial charge in [0.05, 0.1) is 0 Å². The molecule has 0 spiro atoms. The molecule has 0 heterocycles. The molecule has 0 atom stereocenters. The highest BCUT2D eigenvalue weighted by Gasteiger charge is 2.28. The first-order valence-corrected chi connectivity index (χ1v) is 6.87. The van der Waals surface area contributed by atoms with Crippen LogP contribution >= 0.6 is 12.2 Å². The smallest absolute Gasteiger partial charge is 0.422 e. The Morgan fingerprint density at radius 3 is 2.30 bits per heavy atom. The van der Waals surface area contributed by atoms with E-state index in [-0.39, 0.29) is 16.6 Å². The Morgan fingerprint density at radius 2 is 1.70 bits per heavy atom. The van der Waals surface area contributed by atoms with Crippen molar-refractivity contribution in [2.75, 3.05) is 11.9 Å². The highest BCUT2D eigenvalue weighted by molar-refractivity contribution is 7.80. The molecule has 0 amide bonds. The van der Waals surface area contributed by atoms with Crippen molar-refractivity contribution in [1.29, 1.82) is 0 Å². The number of alkyl halides is 3. The van der Waals surface area contributed by atoms with Crippen LogP contribution in [-0.2, 0) is 0 Å². The van der Waals surface area contributed by atoms with Gasteiger partial charge in [0, 0.05) is 23.9 Å². The van der Waals surface area contributed by atoms with Gasteiger partial charge in [-0.1, -0.05) is 18.2 Å². The number of benzene rings is 2. The summed E-state index contributed by atoms with van der Waals surface area (Å²) < 4.78 is 47.2. The van der Waals surface area contributed by atoms with Gasteiger partial charge >= 0.3 is 6.18 Å². The van der Waals surface area contributed by atoms with Gasteiger partial charge < -0.3 is 20.5 Å².